The molecule has 8 heteroatoms. The van der Waals surface area contributed by atoms with Crippen LogP contribution in [0.3, 0.4) is 0 Å². The van der Waals surface area contributed by atoms with Gasteiger partial charge in [0.25, 0.3) is 11.8 Å². The molecule has 0 aliphatic carbocycles. The van der Waals surface area contributed by atoms with E-state index < -0.39 is 17.8 Å². The monoisotopic (exact) mass is 578 g/mol. The van der Waals surface area contributed by atoms with Gasteiger partial charge in [-0.2, -0.15) is 0 Å². The minimum absolute atomic E-state index is 0.114. The van der Waals surface area contributed by atoms with Gasteiger partial charge in [-0.25, -0.2) is 9.69 Å². The van der Waals surface area contributed by atoms with E-state index in [4.69, 9.17) is 11.2 Å². The Kier molecular flexibility index (Phi) is 6.63. The van der Waals surface area contributed by atoms with Crippen LogP contribution in [0.2, 0.25) is 0 Å². The Morgan fingerprint density at radius 2 is 1.93 bits per heavy atom. The number of barbiturate groups is 1. The van der Waals surface area contributed by atoms with Crippen molar-refractivity contribution in [1.82, 2.24) is 5.32 Å². The number of hydrogen-bond donors (Lipinski definition) is 1. The zero-order valence-corrected chi connectivity index (χ0v) is 19.8. The summed E-state index contributed by atoms with van der Waals surface area (Å²) in [5.74, 6) is 1.54. The molecule has 0 saturated carbocycles. The van der Waals surface area contributed by atoms with E-state index in [9.17, 15) is 14.4 Å². The summed E-state index contributed by atoms with van der Waals surface area (Å²) in [5, 5.41) is 2.23. The number of anilines is 1. The van der Waals surface area contributed by atoms with Gasteiger partial charge in [0.15, 0.2) is 0 Å². The van der Waals surface area contributed by atoms with Crippen molar-refractivity contribution in [2.45, 2.75) is 13.8 Å². The Labute approximate surface area is 195 Å². The van der Waals surface area contributed by atoms with Crippen molar-refractivity contribution in [3.8, 4) is 18.1 Å². The third-order valence-corrected chi connectivity index (χ3v) is 5.87. The van der Waals surface area contributed by atoms with Crippen molar-refractivity contribution >= 4 is 68.1 Å². The van der Waals surface area contributed by atoms with Crippen LogP contribution < -0.4 is 15.0 Å². The molecule has 0 spiro atoms. The van der Waals surface area contributed by atoms with Crippen LogP contribution in [0.5, 0.6) is 5.75 Å². The van der Waals surface area contributed by atoms with Gasteiger partial charge in [-0.05, 0) is 99.4 Å². The van der Waals surface area contributed by atoms with Crippen LogP contribution >= 0.6 is 38.5 Å². The van der Waals surface area contributed by atoms with Gasteiger partial charge >= 0.3 is 6.03 Å². The molecule has 2 aromatic carbocycles. The van der Waals surface area contributed by atoms with Crippen LogP contribution in [-0.2, 0) is 9.59 Å². The number of carbonyl (C=O) groups excluding carboxylic acids is 3. The van der Waals surface area contributed by atoms with Crippen LogP contribution in [0.1, 0.15) is 16.7 Å². The molecule has 6 nitrogen and oxygen atoms in total. The molecule has 3 rings (SSSR count). The molecule has 0 aromatic heterocycles. The van der Waals surface area contributed by atoms with Crippen molar-refractivity contribution in [2.24, 2.45) is 0 Å². The van der Waals surface area contributed by atoms with E-state index in [2.05, 4.69) is 49.8 Å². The molecule has 2 aromatic rings. The lowest BCUT2D eigenvalue weighted by Crippen LogP contribution is -2.54. The maximum absolute atomic E-state index is 13.0. The highest BCUT2D eigenvalue weighted by Crippen LogP contribution is 2.33. The lowest BCUT2D eigenvalue weighted by molar-refractivity contribution is -0.122. The first-order chi connectivity index (χ1) is 14.2. The fourth-order valence-corrected chi connectivity index (χ4v) is 4.61. The van der Waals surface area contributed by atoms with Gasteiger partial charge in [-0.3, -0.25) is 14.9 Å². The van der Waals surface area contributed by atoms with E-state index in [1.165, 1.54) is 6.08 Å². The number of nitrogens with zero attached hydrogens (tertiary/aromatic N) is 1. The number of terminal acetylenes is 1. The minimum atomic E-state index is -0.779. The average molecular weight is 579 g/mol. The van der Waals surface area contributed by atoms with Gasteiger partial charge in [0.1, 0.15) is 17.9 Å². The maximum atomic E-state index is 13.0. The summed E-state index contributed by atoms with van der Waals surface area (Å²) in [6.45, 7) is 3.93. The molecule has 0 radical (unpaired) electrons. The molecule has 0 atom stereocenters. The molecular weight excluding hydrogens is 563 g/mol. The topological polar surface area (TPSA) is 75.7 Å². The summed E-state index contributed by atoms with van der Waals surface area (Å²) < 4.78 is 6.88. The van der Waals surface area contributed by atoms with Gasteiger partial charge in [0.05, 0.1) is 13.7 Å². The number of rotatable bonds is 4. The second kappa shape index (κ2) is 9.02. The standard InChI is InChI=1S/C22H16BrIN2O4/c1-4-7-30-19-17(23)10-14(11-18(19)24)9-16-20(27)25-22(29)26(21(16)28)15-6-5-12(2)13(3)8-15/h1,5-6,8-11H,7H2,2-3H3,(H,25,27,29)/b16-9+. The van der Waals surface area contributed by atoms with E-state index >= 15 is 0 Å². The molecule has 152 valence electrons. The smallest absolute Gasteiger partial charge is 0.335 e. The lowest BCUT2D eigenvalue weighted by Gasteiger charge is -2.27. The van der Waals surface area contributed by atoms with E-state index in [0.717, 1.165) is 19.6 Å². The summed E-state index contributed by atoms with van der Waals surface area (Å²) in [4.78, 5) is 38.8. The van der Waals surface area contributed by atoms with Gasteiger partial charge in [0, 0.05) is 0 Å². The number of halogens is 2. The van der Waals surface area contributed by atoms with Crippen molar-refractivity contribution in [3.05, 3.63) is 60.6 Å². The highest BCUT2D eigenvalue weighted by atomic mass is 127. The molecule has 0 bridgehead atoms. The molecular formula is C22H16BrIN2O4. The number of benzene rings is 2. The first-order valence-electron chi connectivity index (χ1n) is 8.77. The van der Waals surface area contributed by atoms with Crippen LogP contribution in [0.4, 0.5) is 10.5 Å². The first-order valence-corrected chi connectivity index (χ1v) is 10.6. The molecule has 1 heterocycles. The number of nitrogens with one attached hydrogen (secondary N) is 1. The quantitative estimate of drug-likeness (QED) is 0.253. The normalized spacial score (nSPS) is 15.2. The number of aryl methyl sites for hydroxylation is 2. The predicted octanol–water partition coefficient (Wildman–Crippen LogP) is 4.35. The molecule has 1 saturated heterocycles. The van der Waals surface area contributed by atoms with Crippen molar-refractivity contribution in [3.63, 3.8) is 0 Å². The Morgan fingerprint density at radius 1 is 1.20 bits per heavy atom. The van der Waals surface area contributed by atoms with E-state index in [1.54, 1.807) is 24.3 Å². The Balaban J connectivity index is 2.00. The maximum Gasteiger partial charge on any atom is 0.335 e. The van der Waals surface area contributed by atoms with E-state index in [1.807, 2.05) is 19.9 Å². The van der Waals surface area contributed by atoms with Gasteiger partial charge < -0.3 is 4.74 Å². The molecule has 1 N–H and O–H groups in total. The summed E-state index contributed by atoms with van der Waals surface area (Å²) in [6.07, 6.45) is 6.67. The number of hydrogen-bond acceptors (Lipinski definition) is 4. The highest BCUT2D eigenvalue weighted by molar-refractivity contribution is 14.1. The third kappa shape index (κ3) is 4.42. The molecule has 1 fully saturated rings. The zero-order chi connectivity index (χ0) is 22.0. The fourth-order valence-electron chi connectivity index (χ4n) is 2.84. The lowest BCUT2D eigenvalue weighted by atomic mass is 10.1. The fraction of sp³-hybridized carbons (Fsp3) is 0.136. The molecule has 30 heavy (non-hydrogen) atoms. The summed E-state index contributed by atoms with van der Waals surface area (Å²) in [7, 11) is 0. The summed E-state index contributed by atoms with van der Waals surface area (Å²) in [5.41, 5.74) is 2.80. The number of amides is 4. The van der Waals surface area contributed by atoms with E-state index in [-0.39, 0.29) is 12.2 Å². The molecule has 4 amide bonds. The van der Waals surface area contributed by atoms with Crippen LogP contribution in [-0.4, -0.2) is 24.5 Å². The Hall–Kier alpha value is -2.64. The average Bonchev–Trinajstić information content (AvgIpc) is 2.67. The van der Waals surface area contributed by atoms with Crippen molar-refractivity contribution in [1.29, 1.82) is 0 Å². The van der Waals surface area contributed by atoms with Gasteiger partial charge in [-0.15, -0.1) is 6.42 Å². The molecule has 1 aliphatic rings. The van der Waals surface area contributed by atoms with Crippen LogP contribution in [0.15, 0.2) is 40.4 Å². The second-order valence-corrected chi connectivity index (χ2v) is 8.55. The largest absolute Gasteiger partial charge is 0.479 e. The number of imide groups is 2. The molecule has 0 unspecified atom stereocenters. The number of ether oxygens (including phenoxy) is 1. The number of carbonyl (C=O) groups is 3. The summed E-state index contributed by atoms with van der Waals surface area (Å²) >= 11 is 5.49. The van der Waals surface area contributed by atoms with Gasteiger partial charge in [-0.1, -0.05) is 12.0 Å². The minimum Gasteiger partial charge on any atom is -0.479 e. The SMILES string of the molecule is C#CCOc1c(Br)cc(/C=C2\C(=O)NC(=O)N(c3ccc(C)c(C)c3)C2=O)cc1I. The van der Waals surface area contributed by atoms with Gasteiger partial charge in [0.2, 0.25) is 0 Å². The highest BCUT2D eigenvalue weighted by Gasteiger charge is 2.37. The first kappa shape index (κ1) is 22.1. The predicted molar refractivity (Wildman–Crippen MR) is 126 cm³/mol. The summed E-state index contributed by atoms with van der Waals surface area (Å²) in [6, 6.07) is 7.90. The Bertz CT molecular complexity index is 1130. The second-order valence-electron chi connectivity index (χ2n) is 6.53. The third-order valence-electron chi connectivity index (χ3n) is 4.48. The van der Waals surface area contributed by atoms with Crippen molar-refractivity contribution < 1.29 is 19.1 Å². The van der Waals surface area contributed by atoms with E-state index in [0.29, 0.717) is 21.5 Å². The van der Waals surface area contributed by atoms with Crippen molar-refractivity contribution in [2.75, 3.05) is 11.5 Å². The zero-order valence-electron chi connectivity index (χ0n) is 16.1. The van der Waals surface area contributed by atoms with Crippen LogP contribution in [0, 0.1) is 29.8 Å². The molecule has 1 aliphatic heterocycles. The van der Waals surface area contributed by atoms with Crippen LogP contribution in [0.25, 0.3) is 6.08 Å². The number of urea groups is 1. The Morgan fingerprint density at radius 3 is 2.57 bits per heavy atom.